The highest BCUT2D eigenvalue weighted by atomic mass is 14.9. The molecule has 1 saturated carbocycles. The number of hydrogen-bond donors (Lipinski definition) is 1. The first-order valence-electron chi connectivity index (χ1n) is 6.85. The van der Waals surface area contributed by atoms with E-state index >= 15 is 0 Å². The Morgan fingerprint density at radius 2 is 1.94 bits per heavy atom. The summed E-state index contributed by atoms with van der Waals surface area (Å²) < 4.78 is 0. The predicted octanol–water partition coefficient (Wildman–Crippen LogP) is 3.48. The summed E-state index contributed by atoms with van der Waals surface area (Å²) in [7, 11) is 2.10. The van der Waals surface area contributed by atoms with Crippen molar-refractivity contribution in [3.8, 4) is 0 Å². The lowest BCUT2D eigenvalue weighted by Crippen LogP contribution is -2.29. The Morgan fingerprint density at radius 3 is 2.53 bits per heavy atom. The number of rotatable bonds is 3. The van der Waals surface area contributed by atoms with E-state index in [4.69, 9.17) is 0 Å². The lowest BCUT2D eigenvalue weighted by molar-refractivity contribution is 0.364. The average molecular weight is 231 g/mol. The van der Waals surface area contributed by atoms with Crippen molar-refractivity contribution >= 4 is 0 Å². The second-order valence-electron chi connectivity index (χ2n) is 5.71. The van der Waals surface area contributed by atoms with Crippen LogP contribution in [0.1, 0.15) is 36.5 Å². The summed E-state index contributed by atoms with van der Waals surface area (Å²) in [5.74, 6) is 1.66. The van der Waals surface area contributed by atoms with E-state index in [1.807, 2.05) is 0 Å². The Bertz CT molecular complexity index is 383. The van der Waals surface area contributed by atoms with E-state index in [0.29, 0.717) is 0 Å². The zero-order valence-corrected chi connectivity index (χ0v) is 11.6. The van der Waals surface area contributed by atoms with Gasteiger partial charge < -0.3 is 5.32 Å². The molecular weight excluding hydrogens is 206 g/mol. The summed E-state index contributed by atoms with van der Waals surface area (Å²) in [6, 6.07) is 7.67. The third-order valence-corrected chi connectivity index (χ3v) is 4.67. The van der Waals surface area contributed by atoms with Crippen molar-refractivity contribution in [3.63, 3.8) is 0 Å². The minimum atomic E-state index is 0.728. The van der Waals surface area contributed by atoms with Gasteiger partial charge in [0.15, 0.2) is 0 Å². The van der Waals surface area contributed by atoms with Crippen LogP contribution in [0.2, 0.25) is 0 Å². The van der Waals surface area contributed by atoms with Gasteiger partial charge in [0.1, 0.15) is 0 Å². The molecule has 0 aromatic heterocycles. The van der Waals surface area contributed by atoms with Crippen LogP contribution in [-0.4, -0.2) is 13.1 Å². The van der Waals surface area contributed by atoms with Gasteiger partial charge in [-0.05, 0) is 68.7 Å². The third-order valence-electron chi connectivity index (χ3n) is 4.67. The molecule has 1 aromatic rings. The highest BCUT2D eigenvalue weighted by Gasteiger charge is 2.31. The first kappa shape index (κ1) is 12.6. The summed E-state index contributed by atoms with van der Waals surface area (Å²) in [6.45, 7) is 6.81. The molecule has 0 bridgehead atoms. The molecule has 3 atom stereocenters. The Morgan fingerprint density at radius 1 is 1.18 bits per heavy atom. The third kappa shape index (κ3) is 2.71. The summed E-state index contributed by atoms with van der Waals surface area (Å²) in [5, 5.41) is 3.45. The maximum absolute atomic E-state index is 3.45. The van der Waals surface area contributed by atoms with Crippen molar-refractivity contribution in [2.75, 3.05) is 7.05 Å². The van der Waals surface area contributed by atoms with Gasteiger partial charge in [0.25, 0.3) is 0 Å². The van der Waals surface area contributed by atoms with Crippen LogP contribution in [0.4, 0.5) is 0 Å². The van der Waals surface area contributed by atoms with Crippen LogP contribution in [0.25, 0.3) is 0 Å². The standard InChI is InChI=1S/C16H25N/c1-11-5-6-14(9-12(11)2)10-15-7-8-16(17-4)13(15)3/h5-6,9,13,15-17H,7-8,10H2,1-4H3. The highest BCUT2D eigenvalue weighted by molar-refractivity contribution is 5.30. The molecule has 1 aliphatic carbocycles. The summed E-state index contributed by atoms with van der Waals surface area (Å²) in [5.41, 5.74) is 4.35. The largest absolute Gasteiger partial charge is 0.317 e. The second-order valence-corrected chi connectivity index (χ2v) is 5.71. The quantitative estimate of drug-likeness (QED) is 0.840. The van der Waals surface area contributed by atoms with E-state index in [1.54, 1.807) is 0 Å². The smallest absolute Gasteiger partial charge is 0.00925 e. The topological polar surface area (TPSA) is 12.0 Å². The molecule has 1 aliphatic rings. The molecule has 0 saturated heterocycles. The Labute approximate surface area is 106 Å². The molecule has 0 aliphatic heterocycles. The van der Waals surface area contributed by atoms with Crippen molar-refractivity contribution in [3.05, 3.63) is 34.9 Å². The maximum Gasteiger partial charge on any atom is 0.00925 e. The van der Waals surface area contributed by atoms with Gasteiger partial charge in [-0.15, -0.1) is 0 Å². The van der Waals surface area contributed by atoms with Crippen molar-refractivity contribution in [2.45, 2.75) is 46.1 Å². The molecule has 1 N–H and O–H groups in total. The van der Waals surface area contributed by atoms with Gasteiger partial charge in [-0.1, -0.05) is 25.1 Å². The van der Waals surface area contributed by atoms with E-state index in [-0.39, 0.29) is 0 Å². The van der Waals surface area contributed by atoms with Crippen molar-refractivity contribution in [1.82, 2.24) is 5.32 Å². The van der Waals surface area contributed by atoms with Crippen LogP contribution in [0, 0.1) is 25.7 Å². The summed E-state index contributed by atoms with van der Waals surface area (Å²) >= 11 is 0. The molecular formula is C16H25N. The molecule has 17 heavy (non-hydrogen) atoms. The molecule has 2 rings (SSSR count). The molecule has 1 aromatic carbocycles. The normalized spacial score (nSPS) is 28.6. The Hall–Kier alpha value is -0.820. The molecule has 0 spiro atoms. The van der Waals surface area contributed by atoms with Crippen molar-refractivity contribution in [2.24, 2.45) is 11.8 Å². The molecule has 1 heteroatoms. The van der Waals surface area contributed by atoms with E-state index in [0.717, 1.165) is 17.9 Å². The zero-order valence-electron chi connectivity index (χ0n) is 11.6. The molecule has 0 radical (unpaired) electrons. The molecule has 94 valence electrons. The van der Waals surface area contributed by atoms with Gasteiger partial charge in [0, 0.05) is 6.04 Å². The summed E-state index contributed by atoms with van der Waals surface area (Å²) in [6.07, 6.45) is 3.97. The van der Waals surface area contributed by atoms with Crippen LogP contribution < -0.4 is 5.32 Å². The van der Waals surface area contributed by atoms with Gasteiger partial charge in [0.05, 0.1) is 0 Å². The first-order chi connectivity index (χ1) is 8.11. The van der Waals surface area contributed by atoms with Gasteiger partial charge in [-0.2, -0.15) is 0 Å². The predicted molar refractivity (Wildman–Crippen MR) is 74.4 cm³/mol. The lowest BCUT2D eigenvalue weighted by Gasteiger charge is -2.20. The highest BCUT2D eigenvalue weighted by Crippen LogP contribution is 2.34. The maximum atomic E-state index is 3.45. The van der Waals surface area contributed by atoms with Gasteiger partial charge in [-0.25, -0.2) is 0 Å². The van der Waals surface area contributed by atoms with Gasteiger partial charge >= 0.3 is 0 Å². The van der Waals surface area contributed by atoms with Gasteiger partial charge in [0.2, 0.25) is 0 Å². The van der Waals surface area contributed by atoms with E-state index in [1.165, 1.54) is 36.0 Å². The molecule has 1 nitrogen and oxygen atoms in total. The zero-order chi connectivity index (χ0) is 12.4. The summed E-state index contributed by atoms with van der Waals surface area (Å²) in [4.78, 5) is 0. The second kappa shape index (κ2) is 5.22. The van der Waals surface area contributed by atoms with Crippen molar-refractivity contribution < 1.29 is 0 Å². The first-order valence-corrected chi connectivity index (χ1v) is 6.85. The van der Waals surface area contributed by atoms with Gasteiger partial charge in [-0.3, -0.25) is 0 Å². The van der Waals surface area contributed by atoms with Crippen molar-refractivity contribution in [1.29, 1.82) is 0 Å². The SMILES string of the molecule is CNC1CCC(Cc2ccc(C)c(C)c2)C1C. The Kier molecular flexibility index (Phi) is 3.88. The van der Waals surface area contributed by atoms with Crippen LogP contribution in [0.15, 0.2) is 18.2 Å². The van der Waals surface area contributed by atoms with Crippen LogP contribution in [0.3, 0.4) is 0 Å². The minimum absolute atomic E-state index is 0.728. The number of aryl methyl sites for hydroxylation is 2. The molecule has 3 unspecified atom stereocenters. The van der Waals surface area contributed by atoms with Crippen LogP contribution >= 0.6 is 0 Å². The number of benzene rings is 1. The lowest BCUT2D eigenvalue weighted by atomic mass is 9.89. The number of nitrogens with one attached hydrogen (secondary N) is 1. The Balaban J connectivity index is 2.04. The molecule has 0 heterocycles. The average Bonchev–Trinajstić information content (AvgIpc) is 2.65. The van der Waals surface area contributed by atoms with E-state index in [2.05, 4.69) is 51.3 Å². The monoisotopic (exact) mass is 231 g/mol. The fourth-order valence-electron chi connectivity index (χ4n) is 3.18. The fourth-order valence-corrected chi connectivity index (χ4v) is 3.18. The minimum Gasteiger partial charge on any atom is -0.317 e. The molecule has 0 amide bonds. The van der Waals surface area contributed by atoms with E-state index in [9.17, 15) is 0 Å². The van der Waals surface area contributed by atoms with Crippen LogP contribution in [0.5, 0.6) is 0 Å². The molecule has 1 fully saturated rings. The number of hydrogen-bond acceptors (Lipinski definition) is 1. The van der Waals surface area contributed by atoms with Crippen LogP contribution in [-0.2, 0) is 6.42 Å². The fraction of sp³-hybridized carbons (Fsp3) is 0.625. The van der Waals surface area contributed by atoms with E-state index < -0.39 is 0 Å².